The van der Waals surface area contributed by atoms with E-state index in [0.717, 1.165) is 12.8 Å². The van der Waals surface area contributed by atoms with Gasteiger partial charge in [-0.2, -0.15) is 0 Å². The minimum absolute atomic E-state index is 0.00477. The molecule has 0 spiro atoms. The van der Waals surface area contributed by atoms with E-state index in [9.17, 15) is 0 Å². The third-order valence-electron chi connectivity index (χ3n) is 10.2. The van der Waals surface area contributed by atoms with Crippen LogP contribution in [0, 0.1) is 6.92 Å². The minimum Gasteiger partial charge on any atom is -0.0619 e. The Bertz CT molecular complexity index is 2270. The van der Waals surface area contributed by atoms with Gasteiger partial charge in [0.25, 0.3) is 0 Å². The highest BCUT2D eigenvalue weighted by Crippen LogP contribution is 2.52. The minimum atomic E-state index is 0.00477. The second-order valence-corrected chi connectivity index (χ2v) is 12.9. The zero-order valence-electron chi connectivity index (χ0n) is 24.4. The van der Waals surface area contributed by atoms with Crippen molar-refractivity contribution >= 4 is 32.3 Å². The van der Waals surface area contributed by atoms with Gasteiger partial charge in [-0.15, -0.1) is 0 Å². The monoisotopic (exact) mass is 536 g/mol. The molecule has 0 atom stereocenters. The fourth-order valence-electron chi connectivity index (χ4n) is 8.23. The van der Waals surface area contributed by atoms with E-state index >= 15 is 0 Å². The van der Waals surface area contributed by atoms with Gasteiger partial charge < -0.3 is 0 Å². The van der Waals surface area contributed by atoms with E-state index in [1.165, 1.54) is 93.5 Å². The molecule has 2 aliphatic carbocycles. The second kappa shape index (κ2) is 8.43. The van der Waals surface area contributed by atoms with E-state index in [0.29, 0.717) is 0 Å². The van der Waals surface area contributed by atoms with Crippen LogP contribution in [0.3, 0.4) is 0 Å². The molecule has 0 saturated heterocycles. The molecule has 2 aliphatic rings. The van der Waals surface area contributed by atoms with Crippen molar-refractivity contribution < 1.29 is 0 Å². The zero-order chi connectivity index (χ0) is 28.2. The number of fused-ring (bicyclic) bond motifs is 5. The first-order valence-corrected chi connectivity index (χ1v) is 15.2. The number of aryl methyl sites for hydroxylation is 3. The average Bonchev–Trinajstić information content (AvgIpc) is 3.53. The highest BCUT2D eigenvalue weighted by molar-refractivity contribution is 6.24. The fraction of sp³-hybridized carbons (Fsp3) is 0.143. The van der Waals surface area contributed by atoms with Crippen LogP contribution in [0.5, 0.6) is 0 Å². The molecule has 0 heterocycles. The molecule has 0 N–H and O–H groups in total. The summed E-state index contributed by atoms with van der Waals surface area (Å²) in [6, 6.07) is 44.0. The van der Waals surface area contributed by atoms with E-state index in [4.69, 9.17) is 0 Å². The third kappa shape index (κ3) is 3.13. The lowest BCUT2D eigenvalue weighted by atomic mass is 9.81. The van der Waals surface area contributed by atoms with Crippen LogP contribution in [-0.2, 0) is 18.3 Å². The lowest BCUT2D eigenvalue weighted by Gasteiger charge is -2.22. The van der Waals surface area contributed by atoms with E-state index in [2.05, 4.69) is 136 Å². The molecule has 0 nitrogen and oxygen atoms in total. The van der Waals surface area contributed by atoms with Gasteiger partial charge in [0, 0.05) is 5.41 Å². The smallest absolute Gasteiger partial charge is 0.0158 e. The summed E-state index contributed by atoms with van der Waals surface area (Å²) in [5.41, 5.74) is 15.2. The van der Waals surface area contributed by atoms with Gasteiger partial charge in [-0.3, -0.25) is 0 Å². The van der Waals surface area contributed by atoms with Crippen LogP contribution in [0.2, 0.25) is 0 Å². The maximum Gasteiger partial charge on any atom is 0.0158 e. The van der Waals surface area contributed by atoms with Crippen molar-refractivity contribution in [2.75, 3.05) is 0 Å². The zero-order valence-corrected chi connectivity index (χ0v) is 24.4. The molecule has 0 bridgehead atoms. The van der Waals surface area contributed by atoms with Gasteiger partial charge in [0.2, 0.25) is 0 Å². The lowest BCUT2D eigenvalue weighted by Crippen LogP contribution is -2.14. The summed E-state index contributed by atoms with van der Waals surface area (Å²) in [7, 11) is 0. The molecule has 200 valence electrons. The quantitative estimate of drug-likeness (QED) is 0.193. The van der Waals surface area contributed by atoms with Crippen LogP contribution in [0.25, 0.3) is 65.7 Å². The number of hydrogen-bond donors (Lipinski definition) is 0. The summed E-state index contributed by atoms with van der Waals surface area (Å²) in [6.45, 7) is 6.94. The van der Waals surface area contributed by atoms with E-state index < -0.39 is 0 Å². The maximum absolute atomic E-state index is 2.46. The molecule has 0 aromatic heterocycles. The Balaban J connectivity index is 1.40. The van der Waals surface area contributed by atoms with Crippen molar-refractivity contribution in [1.29, 1.82) is 0 Å². The van der Waals surface area contributed by atoms with Gasteiger partial charge in [-0.25, -0.2) is 0 Å². The van der Waals surface area contributed by atoms with E-state index in [-0.39, 0.29) is 5.41 Å². The highest BCUT2D eigenvalue weighted by Gasteiger charge is 2.35. The van der Waals surface area contributed by atoms with Gasteiger partial charge in [0.15, 0.2) is 0 Å². The molecule has 0 amide bonds. The molecule has 0 unspecified atom stereocenters. The predicted molar refractivity (Wildman–Crippen MR) is 180 cm³/mol. The molecule has 0 aliphatic heterocycles. The Morgan fingerprint density at radius 1 is 0.476 bits per heavy atom. The van der Waals surface area contributed by atoms with Crippen molar-refractivity contribution in [2.45, 2.75) is 39.0 Å². The molecule has 9 rings (SSSR count). The van der Waals surface area contributed by atoms with Gasteiger partial charge in [0.1, 0.15) is 0 Å². The number of hydrogen-bond acceptors (Lipinski definition) is 0. The standard InChI is InChI=1S/C42H32/c1-25-15-20-34-36(23-25)40(28-19-22-38-35(24-28)29-10-6-7-14-37(29)42(38,2)3)31-11-4-5-12-32(31)41(34)33-21-18-27-17-16-26-9-8-13-30(33)39(26)27/h4-15,18-24H,16-17H2,1-3H3. The first-order valence-electron chi connectivity index (χ1n) is 15.2. The highest BCUT2D eigenvalue weighted by atomic mass is 14.4. The van der Waals surface area contributed by atoms with Crippen LogP contribution >= 0.6 is 0 Å². The lowest BCUT2D eigenvalue weighted by molar-refractivity contribution is 0.660. The third-order valence-corrected chi connectivity index (χ3v) is 10.2. The molecule has 42 heavy (non-hydrogen) atoms. The molecule has 0 saturated carbocycles. The second-order valence-electron chi connectivity index (χ2n) is 12.9. The Morgan fingerprint density at radius 2 is 1.17 bits per heavy atom. The Morgan fingerprint density at radius 3 is 2.02 bits per heavy atom. The summed E-state index contributed by atoms with van der Waals surface area (Å²) in [5.74, 6) is 0. The van der Waals surface area contributed by atoms with Crippen molar-refractivity contribution in [1.82, 2.24) is 0 Å². The summed E-state index contributed by atoms with van der Waals surface area (Å²) < 4.78 is 0. The molecular weight excluding hydrogens is 504 g/mol. The Hall–Kier alpha value is -4.68. The first kappa shape index (κ1) is 24.0. The predicted octanol–water partition coefficient (Wildman–Crippen LogP) is 11.2. The van der Waals surface area contributed by atoms with Gasteiger partial charge in [-0.05, 0) is 114 Å². The fourth-order valence-corrected chi connectivity index (χ4v) is 8.23. The SMILES string of the molecule is Cc1ccc2c(-c3ccc4c5c(cccc35)CC4)c3ccccc3c(-c3ccc4c(c3)-c3ccccc3C4(C)C)c2c1. The van der Waals surface area contributed by atoms with Gasteiger partial charge in [-0.1, -0.05) is 129 Å². The number of rotatable bonds is 2. The summed E-state index contributed by atoms with van der Waals surface area (Å²) >= 11 is 0. The van der Waals surface area contributed by atoms with Crippen molar-refractivity contribution in [3.63, 3.8) is 0 Å². The van der Waals surface area contributed by atoms with Crippen LogP contribution < -0.4 is 0 Å². The number of benzene rings is 7. The van der Waals surface area contributed by atoms with Crippen LogP contribution in [-0.4, -0.2) is 0 Å². The Kier molecular flexibility index (Phi) is 4.81. The molecule has 0 fully saturated rings. The topological polar surface area (TPSA) is 0 Å². The van der Waals surface area contributed by atoms with E-state index in [1.807, 2.05) is 0 Å². The first-order chi connectivity index (χ1) is 20.5. The largest absolute Gasteiger partial charge is 0.0619 e. The molecule has 7 aromatic carbocycles. The normalized spacial score (nSPS) is 14.5. The van der Waals surface area contributed by atoms with Crippen LogP contribution in [0.15, 0.2) is 115 Å². The Labute approximate surface area is 247 Å². The van der Waals surface area contributed by atoms with Gasteiger partial charge >= 0.3 is 0 Å². The molecular formula is C42H32. The van der Waals surface area contributed by atoms with E-state index in [1.54, 1.807) is 0 Å². The van der Waals surface area contributed by atoms with Gasteiger partial charge in [0.05, 0.1) is 0 Å². The van der Waals surface area contributed by atoms with Crippen LogP contribution in [0.4, 0.5) is 0 Å². The van der Waals surface area contributed by atoms with Crippen molar-refractivity contribution in [3.05, 3.63) is 143 Å². The van der Waals surface area contributed by atoms with Crippen LogP contribution in [0.1, 0.15) is 41.7 Å². The van der Waals surface area contributed by atoms with Crippen molar-refractivity contribution in [3.8, 4) is 33.4 Å². The molecule has 7 aromatic rings. The maximum atomic E-state index is 2.46. The summed E-state index contributed by atoms with van der Waals surface area (Å²) in [6.07, 6.45) is 2.29. The average molecular weight is 537 g/mol. The van der Waals surface area contributed by atoms with Crippen molar-refractivity contribution in [2.24, 2.45) is 0 Å². The summed E-state index contributed by atoms with van der Waals surface area (Å²) in [4.78, 5) is 0. The molecule has 0 radical (unpaired) electrons. The molecule has 0 heteroatoms. The summed E-state index contributed by atoms with van der Waals surface area (Å²) in [5, 5.41) is 8.16.